The molecule has 0 spiro atoms. The van der Waals surface area contributed by atoms with Crippen molar-refractivity contribution in [2.75, 3.05) is 7.11 Å². The van der Waals surface area contributed by atoms with Crippen molar-refractivity contribution in [2.45, 2.75) is 19.4 Å². The third-order valence-electron chi connectivity index (χ3n) is 2.16. The molecule has 1 rings (SSSR count). The van der Waals surface area contributed by atoms with E-state index in [0.29, 0.717) is 22.2 Å². The average Bonchev–Trinajstić information content (AvgIpc) is 2.36. The third-order valence-corrected chi connectivity index (χ3v) is 2.82. The Balaban J connectivity index is 2.93. The fourth-order valence-electron chi connectivity index (χ4n) is 1.25. The predicted molar refractivity (Wildman–Crippen MR) is 65.6 cm³/mol. The zero-order valence-corrected chi connectivity index (χ0v) is 11.2. The van der Waals surface area contributed by atoms with Gasteiger partial charge in [-0.25, -0.2) is 4.79 Å². The smallest absolute Gasteiger partial charge is 0.347 e. The van der Waals surface area contributed by atoms with Crippen LogP contribution in [0.25, 0.3) is 0 Å². The lowest BCUT2D eigenvalue weighted by atomic mass is 10.2. The summed E-state index contributed by atoms with van der Waals surface area (Å²) in [6.45, 7) is 1.82. The molecule has 17 heavy (non-hydrogen) atoms. The van der Waals surface area contributed by atoms with Crippen LogP contribution >= 0.6 is 15.9 Å². The normalized spacial score (nSPS) is 11.4. The van der Waals surface area contributed by atoms with Crippen LogP contribution < -0.4 is 4.74 Å². The molecular weight excluding hydrogens is 286 g/mol. The van der Waals surface area contributed by atoms with Crippen LogP contribution in [0, 0.1) is 11.3 Å². The van der Waals surface area contributed by atoms with E-state index in [1.54, 1.807) is 18.2 Å². The van der Waals surface area contributed by atoms with Crippen LogP contribution in [-0.2, 0) is 9.53 Å². The van der Waals surface area contributed by atoms with Crippen LogP contribution in [0.15, 0.2) is 22.7 Å². The Hall–Kier alpha value is -1.54. The highest BCUT2D eigenvalue weighted by atomic mass is 79.9. The van der Waals surface area contributed by atoms with Gasteiger partial charge in [-0.15, -0.1) is 0 Å². The number of rotatable bonds is 4. The second-order valence-electron chi connectivity index (χ2n) is 3.29. The Morgan fingerprint density at radius 3 is 2.82 bits per heavy atom. The number of nitriles is 1. The lowest BCUT2D eigenvalue weighted by molar-refractivity contribution is -0.148. The number of esters is 1. The lowest BCUT2D eigenvalue weighted by Gasteiger charge is -2.16. The maximum absolute atomic E-state index is 11.4. The Morgan fingerprint density at radius 1 is 1.59 bits per heavy atom. The first kappa shape index (κ1) is 13.5. The fraction of sp³-hybridized carbons (Fsp3) is 0.333. The first-order valence-corrected chi connectivity index (χ1v) is 5.85. The topological polar surface area (TPSA) is 59.3 Å². The molecule has 0 N–H and O–H groups in total. The highest BCUT2D eigenvalue weighted by Gasteiger charge is 2.20. The molecule has 1 unspecified atom stereocenters. The predicted octanol–water partition coefficient (Wildman–Crippen LogP) is 2.65. The number of methoxy groups -OCH3 is 1. The second-order valence-corrected chi connectivity index (χ2v) is 4.15. The minimum absolute atomic E-state index is 0.429. The van der Waals surface area contributed by atoms with E-state index in [1.165, 1.54) is 7.11 Å². The summed E-state index contributed by atoms with van der Waals surface area (Å²) < 4.78 is 10.8. The van der Waals surface area contributed by atoms with Gasteiger partial charge in [-0.1, -0.05) is 6.92 Å². The molecule has 90 valence electrons. The van der Waals surface area contributed by atoms with Crippen molar-refractivity contribution in [3.05, 3.63) is 28.2 Å². The van der Waals surface area contributed by atoms with Crippen LogP contribution in [0.3, 0.4) is 0 Å². The number of carbonyl (C=O) groups is 1. The van der Waals surface area contributed by atoms with E-state index in [4.69, 9.17) is 10.00 Å². The summed E-state index contributed by atoms with van der Waals surface area (Å²) in [5.74, 6) is 0.0306. The van der Waals surface area contributed by atoms with Crippen molar-refractivity contribution in [1.82, 2.24) is 0 Å². The van der Waals surface area contributed by atoms with E-state index in [1.807, 2.05) is 13.0 Å². The first-order valence-electron chi connectivity index (χ1n) is 5.06. The quantitative estimate of drug-likeness (QED) is 0.802. The number of nitrogens with zero attached hydrogens (tertiary/aromatic N) is 1. The zero-order valence-electron chi connectivity index (χ0n) is 9.57. The molecule has 0 saturated heterocycles. The van der Waals surface area contributed by atoms with Crippen LogP contribution in [0.1, 0.15) is 18.9 Å². The van der Waals surface area contributed by atoms with E-state index in [-0.39, 0.29) is 0 Å². The highest BCUT2D eigenvalue weighted by molar-refractivity contribution is 9.10. The summed E-state index contributed by atoms with van der Waals surface area (Å²) in [5, 5.41) is 8.79. The summed E-state index contributed by atoms with van der Waals surface area (Å²) >= 11 is 3.30. The van der Waals surface area contributed by atoms with Crippen molar-refractivity contribution in [1.29, 1.82) is 5.26 Å². The molecule has 0 aliphatic carbocycles. The van der Waals surface area contributed by atoms with E-state index in [0.717, 1.165) is 0 Å². The van der Waals surface area contributed by atoms with Gasteiger partial charge in [0, 0.05) is 0 Å². The fourth-order valence-corrected chi connectivity index (χ4v) is 1.59. The molecule has 5 heteroatoms. The Labute approximate surface area is 108 Å². The van der Waals surface area contributed by atoms with Gasteiger partial charge in [0.05, 0.1) is 23.2 Å². The molecule has 0 bridgehead atoms. The maximum atomic E-state index is 11.4. The molecule has 1 aromatic rings. The van der Waals surface area contributed by atoms with Gasteiger partial charge in [-0.3, -0.25) is 0 Å². The Bertz CT molecular complexity index is 454. The summed E-state index contributed by atoms with van der Waals surface area (Å²) in [6, 6.07) is 6.96. The summed E-state index contributed by atoms with van der Waals surface area (Å²) in [4.78, 5) is 11.4. The number of hydrogen-bond acceptors (Lipinski definition) is 4. The Morgan fingerprint density at radius 2 is 2.29 bits per heavy atom. The molecule has 0 aliphatic rings. The lowest BCUT2D eigenvalue weighted by Crippen LogP contribution is -2.27. The van der Waals surface area contributed by atoms with E-state index < -0.39 is 12.1 Å². The molecule has 0 saturated carbocycles. The first-order chi connectivity index (χ1) is 8.12. The zero-order chi connectivity index (χ0) is 12.8. The maximum Gasteiger partial charge on any atom is 0.347 e. The van der Waals surface area contributed by atoms with E-state index >= 15 is 0 Å². The third kappa shape index (κ3) is 3.46. The van der Waals surface area contributed by atoms with Gasteiger partial charge >= 0.3 is 5.97 Å². The molecule has 0 aliphatic heterocycles. The van der Waals surface area contributed by atoms with Crippen molar-refractivity contribution in [2.24, 2.45) is 0 Å². The SMILES string of the molecule is CCC(Oc1cc(C#N)ccc1Br)C(=O)OC. The van der Waals surface area contributed by atoms with Crippen LogP contribution in [0.5, 0.6) is 5.75 Å². The van der Waals surface area contributed by atoms with Crippen LogP contribution in [0.4, 0.5) is 0 Å². The molecule has 0 radical (unpaired) electrons. The molecule has 4 nitrogen and oxygen atoms in total. The van der Waals surface area contributed by atoms with Crippen molar-refractivity contribution < 1.29 is 14.3 Å². The van der Waals surface area contributed by atoms with Gasteiger partial charge < -0.3 is 9.47 Å². The average molecular weight is 298 g/mol. The van der Waals surface area contributed by atoms with Gasteiger partial charge in [-0.2, -0.15) is 5.26 Å². The van der Waals surface area contributed by atoms with E-state index in [9.17, 15) is 4.79 Å². The largest absolute Gasteiger partial charge is 0.478 e. The van der Waals surface area contributed by atoms with Crippen LogP contribution in [-0.4, -0.2) is 19.2 Å². The summed E-state index contributed by atoms with van der Waals surface area (Å²) in [7, 11) is 1.31. The summed E-state index contributed by atoms with van der Waals surface area (Å²) in [5.41, 5.74) is 0.475. The minimum atomic E-state index is -0.662. The molecular formula is C12H12BrNO3. The molecule has 0 fully saturated rings. The van der Waals surface area contributed by atoms with Gasteiger partial charge in [-0.05, 0) is 40.5 Å². The Kier molecular flexibility index (Phi) is 4.98. The van der Waals surface area contributed by atoms with E-state index in [2.05, 4.69) is 20.7 Å². The molecule has 1 aromatic carbocycles. The van der Waals surface area contributed by atoms with Gasteiger partial charge in [0.2, 0.25) is 0 Å². The van der Waals surface area contributed by atoms with Gasteiger partial charge in [0.15, 0.2) is 6.10 Å². The number of halogens is 1. The number of hydrogen-bond donors (Lipinski definition) is 0. The standard InChI is InChI=1S/C12H12BrNO3/c1-3-10(12(15)16-2)17-11-6-8(7-14)4-5-9(11)13/h4-6,10H,3H2,1-2H3. The minimum Gasteiger partial charge on any atom is -0.478 e. The summed E-state index contributed by atoms with van der Waals surface area (Å²) in [6.07, 6.45) is -0.166. The number of benzene rings is 1. The monoisotopic (exact) mass is 297 g/mol. The van der Waals surface area contributed by atoms with Crippen molar-refractivity contribution >= 4 is 21.9 Å². The van der Waals surface area contributed by atoms with Crippen molar-refractivity contribution in [3.8, 4) is 11.8 Å². The molecule has 0 amide bonds. The van der Waals surface area contributed by atoms with Crippen molar-refractivity contribution in [3.63, 3.8) is 0 Å². The number of carbonyl (C=O) groups excluding carboxylic acids is 1. The molecule has 0 aromatic heterocycles. The van der Waals surface area contributed by atoms with Gasteiger partial charge in [0.25, 0.3) is 0 Å². The van der Waals surface area contributed by atoms with Crippen LogP contribution in [0.2, 0.25) is 0 Å². The second kappa shape index (κ2) is 6.26. The van der Waals surface area contributed by atoms with Gasteiger partial charge in [0.1, 0.15) is 5.75 Å². The number of ether oxygens (including phenoxy) is 2. The highest BCUT2D eigenvalue weighted by Crippen LogP contribution is 2.27. The molecule has 1 atom stereocenters. The molecule has 0 heterocycles.